The summed E-state index contributed by atoms with van der Waals surface area (Å²) in [5.74, 6) is -2.77. The minimum atomic E-state index is -3.93. The Balaban J connectivity index is 2.42. The van der Waals surface area contributed by atoms with Crippen molar-refractivity contribution in [1.82, 2.24) is 5.32 Å². The summed E-state index contributed by atoms with van der Waals surface area (Å²) in [6, 6.07) is 14.2. The van der Waals surface area contributed by atoms with E-state index in [1.165, 1.54) is 31.2 Å². The van der Waals surface area contributed by atoms with Crippen LogP contribution in [0.15, 0.2) is 54.6 Å². The van der Waals surface area contributed by atoms with Gasteiger partial charge >= 0.3 is 0 Å². The number of aliphatic hydroxyl groups is 3. The van der Waals surface area contributed by atoms with E-state index in [9.17, 15) is 24.9 Å². The van der Waals surface area contributed by atoms with E-state index in [0.717, 1.165) is 0 Å². The van der Waals surface area contributed by atoms with Gasteiger partial charge in [-0.1, -0.05) is 48.5 Å². The first-order valence-electron chi connectivity index (χ1n) is 10.7. The summed E-state index contributed by atoms with van der Waals surface area (Å²) in [5.41, 5.74) is -2.94. The maximum absolute atomic E-state index is 12.8. The fourth-order valence-corrected chi connectivity index (χ4v) is 2.31. The molecule has 0 aliphatic rings. The summed E-state index contributed by atoms with van der Waals surface area (Å²) < 4.78 is 44.6. The molecule has 0 heterocycles. The van der Waals surface area contributed by atoms with Crippen molar-refractivity contribution >= 4 is 11.7 Å². The van der Waals surface area contributed by atoms with Crippen LogP contribution in [0, 0.1) is 0 Å². The molecule has 138 valence electrons. The van der Waals surface area contributed by atoms with Crippen molar-refractivity contribution in [2.24, 2.45) is 0 Å². The van der Waals surface area contributed by atoms with E-state index < -0.39 is 37.0 Å². The highest BCUT2D eigenvalue weighted by molar-refractivity contribution is 6.09. The van der Waals surface area contributed by atoms with E-state index >= 15 is 0 Å². The van der Waals surface area contributed by atoms with Crippen LogP contribution >= 0.6 is 0 Å². The summed E-state index contributed by atoms with van der Waals surface area (Å²) >= 11 is 0. The van der Waals surface area contributed by atoms with Crippen molar-refractivity contribution in [3.63, 3.8) is 0 Å². The SMILES string of the molecule is [2H]C([2H])(O)C(NC(=O)[C@@H](C)c1cccc(C(=O)c2ccccc2)c1)(C([2H])([2H])O)C([2H])([2H])O. The molecule has 0 aliphatic heterocycles. The van der Waals surface area contributed by atoms with Crippen molar-refractivity contribution in [2.75, 3.05) is 19.7 Å². The smallest absolute Gasteiger partial charge is 0.227 e. The zero-order valence-corrected chi connectivity index (χ0v) is 13.9. The first-order valence-corrected chi connectivity index (χ1v) is 7.72. The average molecular weight is 363 g/mol. The summed E-state index contributed by atoms with van der Waals surface area (Å²) in [7, 11) is 0. The third-order valence-electron chi connectivity index (χ3n) is 3.89. The summed E-state index contributed by atoms with van der Waals surface area (Å²) in [5, 5.41) is 31.1. The van der Waals surface area contributed by atoms with Gasteiger partial charge in [0.05, 0.1) is 33.8 Å². The van der Waals surface area contributed by atoms with Crippen LogP contribution in [0.3, 0.4) is 0 Å². The van der Waals surface area contributed by atoms with Gasteiger partial charge in [0.1, 0.15) is 5.54 Å². The molecule has 2 rings (SSSR count). The highest BCUT2D eigenvalue weighted by Gasteiger charge is 2.32. The van der Waals surface area contributed by atoms with E-state index in [1.54, 1.807) is 35.6 Å². The molecule has 0 saturated carbocycles. The van der Waals surface area contributed by atoms with Gasteiger partial charge in [-0.2, -0.15) is 0 Å². The Hall–Kier alpha value is -2.54. The van der Waals surface area contributed by atoms with E-state index in [4.69, 9.17) is 8.22 Å². The lowest BCUT2D eigenvalue weighted by atomic mass is 9.94. The van der Waals surface area contributed by atoms with Gasteiger partial charge in [0.25, 0.3) is 0 Å². The largest absolute Gasteiger partial charge is 0.394 e. The monoisotopic (exact) mass is 363 g/mol. The fourth-order valence-electron chi connectivity index (χ4n) is 2.31. The van der Waals surface area contributed by atoms with E-state index in [1.807, 2.05) is 0 Å². The molecule has 6 heteroatoms. The van der Waals surface area contributed by atoms with Crippen LogP contribution in [0.2, 0.25) is 0 Å². The Morgan fingerprint density at radius 3 is 2.15 bits per heavy atom. The zero-order chi connectivity index (χ0) is 24.5. The molecule has 4 N–H and O–H groups in total. The van der Waals surface area contributed by atoms with Crippen LogP contribution in [-0.2, 0) is 4.79 Å². The van der Waals surface area contributed by atoms with E-state index in [-0.39, 0.29) is 16.9 Å². The van der Waals surface area contributed by atoms with Crippen LogP contribution in [-0.4, -0.2) is 52.2 Å². The number of benzene rings is 2. The number of hydrogen-bond donors (Lipinski definition) is 4. The molecular formula is C20H23NO5. The molecule has 0 unspecified atom stereocenters. The Bertz CT molecular complexity index is 946. The van der Waals surface area contributed by atoms with Crippen molar-refractivity contribution in [2.45, 2.75) is 18.4 Å². The predicted molar refractivity (Wildman–Crippen MR) is 96.9 cm³/mol. The molecular weight excluding hydrogens is 334 g/mol. The molecule has 0 spiro atoms. The molecule has 6 nitrogen and oxygen atoms in total. The van der Waals surface area contributed by atoms with Crippen molar-refractivity contribution in [3.05, 3.63) is 71.3 Å². The van der Waals surface area contributed by atoms with Crippen LogP contribution in [0.5, 0.6) is 0 Å². The Morgan fingerprint density at radius 2 is 1.58 bits per heavy atom. The molecule has 0 bridgehead atoms. The number of amides is 1. The minimum Gasteiger partial charge on any atom is -0.394 e. The van der Waals surface area contributed by atoms with Gasteiger partial charge in [-0.3, -0.25) is 9.59 Å². The van der Waals surface area contributed by atoms with Gasteiger partial charge in [0, 0.05) is 11.1 Å². The normalized spacial score (nSPS) is 17.5. The Morgan fingerprint density at radius 1 is 1.00 bits per heavy atom. The zero-order valence-electron chi connectivity index (χ0n) is 19.9. The number of carbonyl (C=O) groups is 2. The standard InChI is InChI=1S/C20H23NO5/c1-14(19(26)21-20(11-22,12-23)13-24)16-8-5-9-17(10-16)18(25)15-6-3-2-4-7-15/h2-10,14,22-24H,11-13H2,1H3,(H,21,26)/t14-/m0/s1/i11D2,12D2,13D2. The second-order valence-electron chi connectivity index (χ2n) is 5.62. The van der Waals surface area contributed by atoms with Gasteiger partial charge < -0.3 is 20.6 Å². The third-order valence-corrected chi connectivity index (χ3v) is 3.89. The Kier molecular flexibility index (Phi) is 4.27. The molecule has 1 amide bonds. The lowest BCUT2D eigenvalue weighted by Crippen LogP contribution is -2.57. The van der Waals surface area contributed by atoms with Gasteiger partial charge in [-0.25, -0.2) is 0 Å². The van der Waals surface area contributed by atoms with Crippen molar-refractivity contribution in [1.29, 1.82) is 0 Å². The van der Waals surface area contributed by atoms with Gasteiger partial charge in [-0.15, -0.1) is 0 Å². The first-order chi connectivity index (χ1) is 14.5. The highest BCUT2D eigenvalue weighted by Crippen LogP contribution is 2.20. The van der Waals surface area contributed by atoms with Crippen LogP contribution in [0.4, 0.5) is 0 Å². The fraction of sp³-hybridized carbons (Fsp3) is 0.300. The summed E-state index contributed by atoms with van der Waals surface area (Å²) in [6.07, 6.45) is 0. The molecule has 1 atom stereocenters. The third kappa shape index (κ3) is 4.35. The van der Waals surface area contributed by atoms with Crippen molar-refractivity contribution < 1.29 is 33.1 Å². The minimum absolute atomic E-state index is 0.229. The molecule has 0 fully saturated rings. The lowest BCUT2D eigenvalue weighted by molar-refractivity contribution is -0.126. The number of rotatable bonds is 8. The maximum atomic E-state index is 12.8. The maximum Gasteiger partial charge on any atom is 0.227 e. The molecule has 2 aromatic carbocycles. The second kappa shape index (κ2) is 8.71. The van der Waals surface area contributed by atoms with Crippen molar-refractivity contribution in [3.8, 4) is 0 Å². The lowest BCUT2D eigenvalue weighted by Gasteiger charge is -2.30. The molecule has 0 radical (unpaired) electrons. The predicted octanol–water partition coefficient (Wildman–Crippen LogP) is 0.853. The highest BCUT2D eigenvalue weighted by atomic mass is 16.3. The molecule has 0 aliphatic carbocycles. The molecule has 2 aromatic rings. The number of carbonyl (C=O) groups excluding carboxylic acids is 2. The molecule has 0 aromatic heterocycles. The van der Waals surface area contributed by atoms with E-state index in [2.05, 4.69) is 0 Å². The van der Waals surface area contributed by atoms with Gasteiger partial charge in [-0.05, 0) is 18.6 Å². The quantitative estimate of drug-likeness (QED) is 0.520. The van der Waals surface area contributed by atoms with Crippen LogP contribution in [0.1, 0.15) is 42.6 Å². The van der Waals surface area contributed by atoms with Gasteiger partial charge in [0.2, 0.25) is 5.91 Å². The van der Waals surface area contributed by atoms with Crippen LogP contribution < -0.4 is 5.32 Å². The second-order valence-corrected chi connectivity index (χ2v) is 5.62. The average Bonchev–Trinajstić information content (AvgIpc) is 2.68. The molecule has 26 heavy (non-hydrogen) atoms. The van der Waals surface area contributed by atoms with Gasteiger partial charge in [0.15, 0.2) is 5.78 Å². The van der Waals surface area contributed by atoms with Crippen LogP contribution in [0.25, 0.3) is 0 Å². The topological polar surface area (TPSA) is 107 Å². The van der Waals surface area contributed by atoms with E-state index in [0.29, 0.717) is 5.56 Å². The first kappa shape index (κ1) is 12.8. The number of ketones is 1. The molecule has 0 saturated heterocycles. The number of hydrogen-bond acceptors (Lipinski definition) is 5. The summed E-state index contributed by atoms with van der Waals surface area (Å²) in [6.45, 7) is -10.5. The summed E-state index contributed by atoms with van der Waals surface area (Å²) in [4.78, 5) is 25.5. The Labute approximate surface area is 160 Å². The number of nitrogens with one attached hydrogen (secondary N) is 1.